The molecule has 2 heterocycles. The molecule has 198 valence electrons. The number of rotatable bonds is 10. The molecule has 2 aromatic carbocycles. The minimum atomic E-state index is -0.328. The second-order valence-corrected chi connectivity index (χ2v) is 11.4. The van der Waals surface area contributed by atoms with Crippen LogP contribution in [0.15, 0.2) is 47.8 Å². The molecule has 6 heteroatoms. The highest BCUT2D eigenvalue weighted by Gasteiger charge is 2.40. The average molecular weight is 521 g/mol. The van der Waals surface area contributed by atoms with Gasteiger partial charge in [-0.3, -0.25) is 0 Å². The Labute approximate surface area is 227 Å². The summed E-state index contributed by atoms with van der Waals surface area (Å²) in [6.45, 7) is 16.5. The van der Waals surface area contributed by atoms with Crippen molar-refractivity contribution in [3.63, 3.8) is 0 Å². The lowest BCUT2D eigenvalue weighted by molar-refractivity contribution is 0.249. The molecule has 2 atom stereocenters. The molecule has 2 unspecified atom stereocenters. The molecule has 1 aliphatic heterocycles. The molecule has 37 heavy (non-hydrogen) atoms. The third-order valence-electron chi connectivity index (χ3n) is 8.24. The molecule has 0 amide bonds. The van der Waals surface area contributed by atoms with E-state index in [2.05, 4.69) is 79.2 Å². The van der Waals surface area contributed by atoms with Crippen LogP contribution in [-0.2, 0) is 6.42 Å². The standard InChI is InChI=1S/C31H41FN4S/c1-7-13-31(14-12-20(4)8-2)17-21(5)36(18-31)27-16-24-26(15-23(27)9-3)33-19-34-30(24)35-29-22(6)28(37)11-10-25(29)32/h10-11,15-16,19-20,37H,5,7-9,12-14,17-18H2,1-4,6H3,(H,33,34,35). The summed E-state index contributed by atoms with van der Waals surface area (Å²) in [4.78, 5) is 12.2. The number of benzene rings is 2. The zero-order chi connectivity index (χ0) is 26.7. The lowest BCUT2D eigenvalue weighted by Gasteiger charge is -2.31. The third kappa shape index (κ3) is 5.64. The highest BCUT2D eigenvalue weighted by atomic mass is 32.1. The molecule has 0 aliphatic carbocycles. The fourth-order valence-electron chi connectivity index (χ4n) is 5.74. The van der Waals surface area contributed by atoms with E-state index >= 15 is 0 Å². The van der Waals surface area contributed by atoms with Gasteiger partial charge in [0.25, 0.3) is 0 Å². The molecule has 3 aromatic rings. The summed E-state index contributed by atoms with van der Waals surface area (Å²) in [5.41, 5.74) is 5.84. The number of hydrogen-bond acceptors (Lipinski definition) is 5. The smallest absolute Gasteiger partial charge is 0.147 e. The molecule has 4 rings (SSSR count). The molecule has 0 spiro atoms. The summed E-state index contributed by atoms with van der Waals surface area (Å²) in [5.74, 6) is 1.01. The van der Waals surface area contributed by atoms with Crippen molar-refractivity contribution in [2.75, 3.05) is 16.8 Å². The molecular weight excluding hydrogens is 479 g/mol. The van der Waals surface area contributed by atoms with Crippen LogP contribution in [0, 0.1) is 24.1 Å². The first-order chi connectivity index (χ1) is 17.7. The van der Waals surface area contributed by atoms with E-state index in [0.717, 1.165) is 46.7 Å². The van der Waals surface area contributed by atoms with Crippen LogP contribution < -0.4 is 10.2 Å². The maximum absolute atomic E-state index is 14.8. The number of aryl methyl sites for hydroxylation is 1. The Morgan fingerprint density at radius 2 is 1.97 bits per heavy atom. The van der Waals surface area contributed by atoms with E-state index in [0.29, 0.717) is 11.5 Å². The fourth-order valence-corrected chi connectivity index (χ4v) is 5.93. The highest BCUT2D eigenvalue weighted by molar-refractivity contribution is 7.80. The summed E-state index contributed by atoms with van der Waals surface area (Å²) in [5, 5.41) is 4.12. The first-order valence-corrected chi connectivity index (χ1v) is 14.1. The lowest BCUT2D eigenvalue weighted by Crippen LogP contribution is -2.28. The number of nitrogens with zero attached hydrogens (tertiary/aromatic N) is 3. The number of fused-ring (bicyclic) bond motifs is 1. The van der Waals surface area contributed by atoms with Gasteiger partial charge in [0.2, 0.25) is 0 Å². The Hall–Kier alpha value is -2.60. The molecule has 1 N–H and O–H groups in total. The van der Waals surface area contributed by atoms with Gasteiger partial charge in [-0.1, -0.05) is 53.5 Å². The molecule has 1 saturated heterocycles. The van der Waals surface area contributed by atoms with Crippen LogP contribution in [0.4, 0.5) is 21.6 Å². The summed E-state index contributed by atoms with van der Waals surface area (Å²) in [6, 6.07) is 7.44. The van der Waals surface area contributed by atoms with Crippen molar-refractivity contribution in [2.24, 2.45) is 11.3 Å². The van der Waals surface area contributed by atoms with E-state index in [-0.39, 0.29) is 11.2 Å². The molecule has 1 fully saturated rings. The van der Waals surface area contributed by atoms with Gasteiger partial charge in [-0.05, 0) is 79.3 Å². The van der Waals surface area contributed by atoms with Gasteiger partial charge in [-0.25, -0.2) is 14.4 Å². The van der Waals surface area contributed by atoms with Crippen molar-refractivity contribution in [1.82, 2.24) is 9.97 Å². The van der Waals surface area contributed by atoms with Gasteiger partial charge in [0, 0.05) is 28.2 Å². The van der Waals surface area contributed by atoms with E-state index < -0.39 is 0 Å². The van der Waals surface area contributed by atoms with Gasteiger partial charge in [0.05, 0.1) is 11.2 Å². The maximum atomic E-state index is 14.8. The number of thiol groups is 1. The Morgan fingerprint density at radius 3 is 2.68 bits per heavy atom. The first-order valence-electron chi connectivity index (χ1n) is 13.7. The van der Waals surface area contributed by atoms with Crippen molar-refractivity contribution in [1.29, 1.82) is 0 Å². The fraction of sp³-hybridized carbons (Fsp3) is 0.484. The largest absolute Gasteiger partial charge is 0.345 e. The minimum Gasteiger partial charge on any atom is -0.345 e. The van der Waals surface area contributed by atoms with Crippen molar-refractivity contribution >= 4 is 40.7 Å². The number of halogens is 1. The molecule has 1 aliphatic rings. The number of aromatic nitrogens is 2. The number of anilines is 3. The predicted octanol–water partition coefficient (Wildman–Crippen LogP) is 9.01. The molecule has 0 saturated carbocycles. The van der Waals surface area contributed by atoms with Crippen LogP contribution in [0.1, 0.15) is 77.3 Å². The van der Waals surface area contributed by atoms with Crippen LogP contribution in [-0.4, -0.2) is 16.5 Å². The SMILES string of the molecule is C=C1CC(CCC)(CCC(C)CC)CN1c1cc2c(Nc3c(F)ccc(S)c3C)ncnc2cc1CC. The quantitative estimate of drug-likeness (QED) is 0.262. The van der Waals surface area contributed by atoms with Gasteiger partial charge in [0.15, 0.2) is 0 Å². The van der Waals surface area contributed by atoms with Gasteiger partial charge >= 0.3 is 0 Å². The zero-order valence-electron chi connectivity index (χ0n) is 23.0. The number of hydrogen-bond donors (Lipinski definition) is 2. The second kappa shape index (κ2) is 11.4. The van der Waals surface area contributed by atoms with Crippen LogP contribution in [0.3, 0.4) is 0 Å². The molecule has 4 nitrogen and oxygen atoms in total. The predicted molar refractivity (Wildman–Crippen MR) is 158 cm³/mol. The number of nitrogens with one attached hydrogen (secondary N) is 1. The number of allylic oxidation sites excluding steroid dienone is 1. The minimum absolute atomic E-state index is 0.261. The maximum Gasteiger partial charge on any atom is 0.147 e. The van der Waals surface area contributed by atoms with Crippen molar-refractivity contribution in [3.8, 4) is 0 Å². The van der Waals surface area contributed by atoms with E-state index in [9.17, 15) is 4.39 Å². The van der Waals surface area contributed by atoms with Crippen molar-refractivity contribution in [3.05, 3.63) is 59.8 Å². The van der Waals surface area contributed by atoms with Gasteiger partial charge in [-0.15, -0.1) is 12.6 Å². The lowest BCUT2D eigenvalue weighted by atomic mass is 9.76. The average Bonchev–Trinajstić information content (AvgIpc) is 3.22. The molecule has 1 aromatic heterocycles. The normalized spacial score (nSPS) is 18.6. The van der Waals surface area contributed by atoms with Gasteiger partial charge < -0.3 is 10.2 Å². The summed E-state index contributed by atoms with van der Waals surface area (Å²) >= 11 is 4.48. The van der Waals surface area contributed by atoms with E-state index in [1.54, 1.807) is 6.07 Å². The summed E-state index contributed by atoms with van der Waals surface area (Å²) in [7, 11) is 0. The van der Waals surface area contributed by atoms with Crippen molar-refractivity contribution < 1.29 is 4.39 Å². The van der Waals surface area contributed by atoms with Crippen LogP contribution in [0.5, 0.6) is 0 Å². The van der Waals surface area contributed by atoms with Crippen LogP contribution in [0.2, 0.25) is 0 Å². The van der Waals surface area contributed by atoms with Crippen LogP contribution in [0.25, 0.3) is 10.9 Å². The van der Waals surface area contributed by atoms with Crippen molar-refractivity contribution in [2.45, 2.75) is 84.5 Å². The summed E-state index contributed by atoms with van der Waals surface area (Å²) in [6.07, 6.45) is 9.57. The van der Waals surface area contributed by atoms with E-state index in [1.165, 1.54) is 61.4 Å². The first kappa shape index (κ1) is 27.4. The Morgan fingerprint density at radius 1 is 1.19 bits per heavy atom. The highest BCUT2D eigenvalue weighted by Crippen LogP contribution is 2.48. The second-order valence-electron chi connectivity index (χ2n) is 10.9. The molecule has 0 bridgehead atoms. The molecular formula is C31H41FN4S. The summed E-state index contributed by atoms with van der Waals surface area (Å²) < 4.78 is 14.8. The zero-order valence-corrected chi connectivity index (χ0v) is 23.9. The van der Waals surface area contributed by atoms with Crippen LogP contribution >= 0.6 is 12.6 Å². The van der Waals surface area contributed by atoms with E-state index in [4.69, 9.17) is 0 Å². The topological polar surface area (TPSA) is 41.0 Å². The van der Waals surface area contributed by atoms with Gasteiger partial charge in [-0.2, -0.15) is 0 Å². The Kier molecular flexibility index (Phi) is 8.47. The monoisotopic (exact) mass is 520 g/mol. The third-order valence-corrected chi connectivity index (χ3v) is 8.72. The Bertz CT molecular complexity index is 1290. The molecule has 0 radical (unpaired) electrons. The van der Waals surface area contributed by atoms with E-state index in [1.807, 2.05) is 6.92 Å². The van der Waals surface area contributed by atoms with Gasteiger partial charge in [0.1, 0.15) is 18.0 Å². The Balaban J connectivity index is 1.75.